The van der Waals surface area contributed by atoms with Gasteiger partial charge in [0.1, 0.15) is 0 Å². The molecule has 4 nitrogen and oxygen atoms in total. The zero-order chi connectivity index (χ0) is 14.8. The Bertz CT molecular complexity index is 739. The Kier molecular flexibility index (Phi) is 4.44. The highest BCUT2D eigenvalue weighted by molar-refractivity contribution is 14.1. The minimum absolute atomic E-state index is 0.0717. The fraction of sp³-hybridized carbons (Fsp3) is 0.0714. The fourth-order valence-electron chi connectivity index (χ4n) is 1.60. The van der Waals surface area contributed by atoms with Gasteiger partial charge in [0.15, 0.2) is 0 Å². The van der Waals surface area contributed by atoms with Gasteiger partial charge in [0, 0.05) is 3.57 Å². The summed E-state index contributed by atoms with van der Waals surface area (Å²) in [5, 5.41) is 0. The highest BCUT2D eigenvalue weighted by Crippen LogP contribution is 2.14. The molecule has 0 saturated carbocycles. The van der Waals surface area contributed by atoms with Crippen molar-refractivity contribution in [2.45, 2.75) is 11.8 Å². The number of hydrogen-bond acceptors (Lipinski definition) is 3. The van der Waals surface area contributed by atoms with Crippen molar-refractivity contribution in [3.63, 3.8) is 0 Å². The summed E-state index contributed by atoms with van der Waals surface area (Å²) < 4.78 is 27.0. The molecular formula is C14H12INO3S. The molecule has 0 aliphatic rings. The average molecular weight is 401 g/mol. The first kappa shape index (κ1) is 15.0. The van der Waals surface area contributed by atoms with Crippen LogP contribution in [0.1, 0.15) is 15.9 Å². The highest BCUT2D eigenvalue weighted by Gasteiger charge is 2.19. The minimum atomic E-state index is -3.84. The van der Waals surface area contributed by atoms with Gasteiger partial charge in [-0.15, -0.1) is 0 Å². The molecule has 0 aromatic heterocycles. The molecule has 0 unspecified atom stereocenters. The van der Waals surface area contributed by atoms with Crippen molar-refractivity contribution in [3.05, 3.63) is 63.2 Å². The summed E-state index contributed by atoms with van der Waals surface area (Å²) in [5.41, 5.74) is 1.29. The molecule has 0 radical (unpaired) electrons. The largest absolute Gasteiger partial charge is 0.268 e. The van der Waals surface area contributed by atoms with Crippen LogP contribution in [0.2, 0.25) is 0 Å². The molecule has 0 saturated heterocycles. The van der Waals surface area contributed by atoms with E-state index in [0.29, 0.717) is 9.13 Å². The average Bonchev–Trinajstić information content (AvgIpc) is 2.39. The van der Waals surface area contributed by atoms with Crippen molar-refractivity contribution in [2.24, 2.45) is 0 Å². The molecular weight excluding hydrogens is 389 g/mol. The Morgan fingerprint density at radius 3 is 2.25 bits per heavy atom. The second kappa shape index (κ2) is 5.92. The number of benzene rings is 2. The van der Waals surface area contributed by atoms with E-state index in [1.165, 1.54) is 12.1 Å². The molecule has 0 fully saturated rings. The van der Waals surface area contributed by atoms with Gasteiger partial charge in [-0.25, -0.2) is 13.1 Å². The first-order valence-corrected chi connectivity index (χ1v) is 8.35. The Hall–Kier alpha value is -1.41. The van der Waals surface area contributed by atoms with Crippen molar-refractivity contribution in [3.8, 4) is 0 Å². The molecule has 0 aliphatic carbocycles. The van der Waals surface area contributed by atoms with Crippen LogP contribution < -0.4 is 4.72 Å². The smallest absolute Gasteiger partial charge is 0.266 e. The number of amides is 1. The Labute approximate surface area is 131 Å². The van der Waals surface area contributed by atoms with Gasteiger partial charge < -0.3 is 0 Å². The molecule has 6 heteroatoms. The number of carbonyl (C=O) groups is 1. The summed E-state index contributed by atoms with van der Waals surface area (Å²) >= 11 is 1.99. The third-order valence-corrected chi connectivity index (χ3v) is 4.96. The van der Waals surface area contributed by atoms with Crippen molar-refractivity contribution < 1.29 is 13.2 Å². The summed E-state index contributed by atoms with van der Waals surface area (Å²) in [7, 11) is -3.84. The van der Waals surface area contributed by atoms with Gasteiger partial charge in [-0.2, -0.15) is 0 Å². The van der Waals surface area contributed by atoms with E-state index in [1.54, 1.807) is 36.4 Å². The first-order valence-electron chi connectivity index (χ1n) is 5.78. The van der Waals surface area contributed by atoms with Crippen molar-refractivity contribution in [1.29, 1.82) is 0 Å². The van der Waals surface area contributed by atoms with E-state index < -0.39 is 15.9 Å². The highest BCUT2D eigenvalue weighted by atomic mass is 127. The van der Waals surface area contributed by atoms with Crippen LogP contribution in [0, 0.1) is 10.5 Å². The second-order valence-electron chi connectivity index (χ2n) is 4.23. The summed E-state index contributed by atoms with van der Waals surface area (Å²) in [4.78, 5) is 12.1. The lowest BCUT2D eigenvalue weighted by atomic mass is 10.2. The Morgan fingerprint density at radius 2 is 1.65 bits per heavy atom. The zero-order valence-corrected chi connectivity index (χ0v) is 13.6. The standard InChI is InChI=1S/C14H12INO3S/c1-10-6-8-11(9-7-10)20(18,19)16-14(17)12-4-2-3-5-13(12)15/h2-9H,1H3,(H,16,17). The molecule has 2 aromatic carbocycles. The number of rotatable bonds is 3. The quantitative estimate of drug-likeness (QED) is 0.805. The summed E-state index contributed by atoms with van der Waals surface area (Å²) in [5.74, 6) is -0.629. The Morgan fingerprint density at radius 1 is 1.05 bits per heavy atom. The Balaban J connectivity index is 2.27. The molecule has 0 spiro atoms. The van der Waals surface area contributed by atoms with Crippen LogP contribution in [0.15, 0.2) is 53.4 Å². The van der Waals surface area contributed by atoms with Crippen LogP contribution in [0.25, 0.3) is 0 Å². The van der Waals surface area contributed by atoms with Crippen LogP contribution in [-0.4, -0.2) is 14.3 Å². The molecule has 20 heavy (non-hydrogen) atoms. The summed E-state index contributed by atoms with van der Waals surface area (Å²) in [6.07, 6.45) is 0. The predicted octanol–water partition coefficient (Wildman–Crippen LogP) is 2.72. The molecule has 1 N–H and O–H groups in total. The van der Waals surface area contributed by atoms with Crippen molar-refractivity contribution >= 4 is 38.5 Å². The van der Waals surface area contributed by atoms with Gasteiger partial charge in [-0.3, -0.25) is 4.79 Å². The second-order valence-corrected chi connectivity index (χ2v) is 7.07. The number of hydrogen-bond donors (Lipinski definition) is 1. The van der Waals surface area contributed by atoms with Gasteiger partial charge in [0.05, 0.1) is 10.5 Å². The van der Waals surface area contributed by atoms with E-state index in [1.807, 2.05) is 29.5 Å². The van der Waals surface area contributed by atoms with E-state index in [9.17, 15) is 13.2 Å². The molecule has 0 aliphatic heterocycles. The van der Waals surface area contributed by atoms with Crippen molar-refractivity contribution in [2.75, 3.05) is 0 Å². The molecule has 0 bridgehead atoms. The minimum Gasteiger partial charge on any atom is -0.268 e. The summed E-state index contributed by atoms with van der Waals surface area (Å²) in [6, 6.07) is 13.1. The van der Waals surface area contributed by atoms with Gasteiger partial charge in [0.25, 0.3) is 15.9 Å². The lowest BCUT2D eigenvalue weighted by Crippen LogP contribution is -2.31. The maximum atomic E-state index is 12.1. The number of aryl methyl sites for hydroxylation is 1. The molecule has 0 atom stereocenters. The molecule has 2 rings (SSSR count). The first-order chi connectivity index (χ1) is 9.40. The van der Waals surface area contributed by atoms with Crippen LogP contribution in [0.5, 0.6) is 0 Å². The zero-order valence-electron chi connectivity index (χ0n) is 10.6. The van der Waals surface area contributed by atoms with Crippen LogP contribution >= 0.6 is 22.6 Å². The molecule has 1 amide bonds. The third-order valence-electron chi connectivity index (χ3n) is 2.68. The lowest BCUT2D eigenvalue weighted by Gasteiger charge is -2.08. The van der Waals surface area contributed by atoms with Gasteiger partial charge in [-0.1, -0.05) is 29.8 Å². The monoisotopic (exact) mass is 401 g/mol. The molecule has 104 valence electrons. The molecule has 0 heterocycles. The van der Waals surface area contributed by atoms with Crippen molar-refractivity contribution in [1.82, 2.24) is 4.72 Å². The van der Waals surface area contributed by atoms with Crippen LogP contribution in [0.3, 0.4) is 0 Å². The maximum Gasteiger partial charge on any atom is 0.266 e. The maximum absolute atomic E-state index is 12.1. The van der Waals surface area contributed by atoms with Crippen LogP contribution in [-0.2, 0) is 10.0 Å². The van der Waals surface area contributed by atoms with E-state index in [4.69, 9.17) is 0 Å². The van der Waals surface area contributed by atoms with Gasteiger partial charge in [-0.05, 0) is 53.8 Å². The fourth-order valence-corrected chi connectivity index (χ4v) is 3.20. The number of sulfonamides is 1. The summed E-state index contributed by atoms with van der Waals surface area (Å²) in [6.45, 7) is 1.86. The van der Waals surface area contributed by atoms with E-state index in [2.05, 4.69) is 4.72 Å². The number of carbonyl (C=O) groups excluding carboxylic acids is 1. The predicted molar refractivity (Wildman–Crippen MR) is 85.0 cm³/mol. The molecule has 2 aromatic rings. The van der Waals surface area contributed by atoms with E-state index >= 15 is 0 Å². The number of halogens is 1. The lowest BCUT2D eigenvalue weighted by molar-refractivity contribution is 0.0980. The van der Waals surface area contributed by atoms with E-state index in [0.717, 1.165) is 5.56 Å². The van der Waals surface area contributed by atoms with Gasteiger partial charge >= 0.3 is 0 Å². The normalized spacial score (nSPS) is 11.1. The van der Waals surface area contributed by atoms with Gasteiger partial charge in [0.2, 0.25) is 0 Å². The topological polar surface area (TPSA) is 63.2 Å². The number of nitrogens with one attached hydrogen (secondary N) is 1. The third kappa shape index (κ3) is 3.37. The van der Waals surface area contributed by atoms with E-state index in [-0.39, 0.29) is 4.90 Å². The van der Waals surface area contributed by atoms with Crippen LogP contribution in [0.4, 0.5) is 0 Å². The SMILES string of the molecule is Cc1ccc(S(=O)(=O)NC(=O)c2ccccc2I)cc1.